The first-order chi connectivity index (χ1) is 13.6. The van der Waals surface area contributed by atoms with Crippen LogP contribution in [0.1, 0.15) is 16.8 Å². The number of hydrogen-bond acceptors (Lipinski definition) is 6. The molecule has 0 radical (unpaired) electrons. The molecule has 3 rings (SSSR count). The Balaban J connectivity index is 1.63. The number of amides is 1. The maximum atomic E-state index is 12.3. The predicted molar refractivity (Wildman–Crippen MR) is 103 cm³/mol. The van der Waals surface area contributed by atoms with Gasteiger partial charge in [0.05, 0.1) is 18.4 Å². The number of esters is 1. The molecule has 1 amide bonds. The van der Waals surface area contributed by atoms with Crippen LogP contribution in [-0.4, -0.2) is 30.0 Å². The maximum absolute atomic E-state index is 12.3. The number of H-pyrrole nitrogens is 1. The minimum atomic E-state index is -0.529. The minimum Gasteiger partial charge on any atom is -0.465 e. The number of ether oxygens (including phenoxy) is 1. The van der Waals surface area contributed by atoms with E-state index < -0.39 is 11.6 Å². The van der Waals surface area contributed by atoms with Crippen LogP contribution in [0.4, 0.5) is 5.69 Å². The molecule has 8 nitrogen and oxygen atoms in total. The molecule has 0 fully saturated rings. The zero-order chi connectivity index (χ0) is 19.9. The Labute approximate surface area is 164 Å². The Bertz CT molecular complexity index is 1030. The third-order valence-electron chi connectivity index (χ3n) is 3.80. The lowest BCUT2D eigenvalue weighted by Crippen LogP contribution is -2.36. The number of carbonyl (C=O) groups excluding carboxylic acids is 2. The highest BCUT2D eigenvalue weighted by Gasteiger charge is 2.24. The highest BCUT2D eigenvalue weighted by Crippen LogP contribution is 2.17. The third-order valence-corrected chi connectivity index (χ3v) is 4.83. The van der Waals surface area contributed by atoms with Crippen LogP contribution >= 0.6 is 11.8 Å². The Morgan fingerprint density at radius 1 is 1.14 bits per heavy atom. The van der Waals surface area contributed by atoms with Crippen molar-refractivity contribution in [3.8, 4) is 5.69 Å². The molecule has 0 bridgehead atoms. The lowest BCUT2D eigenvalue weighted by molar-refractivity contribution is -0.704. The summed E-state index contributed by atoms with van der Waals surface area (Å²) in [6.07, 6.45) is 0.138. The SMILES string of the molecule is COC(=O)c1ccccc1NC(=O)CCSc1c(=O)o[nH][n+]1-c1ccccc1. The van der Waals surface area contributed by atoms with Crippen LogP contribution < -0.4 is 15.6 Å². The summed E-state index contributed by atoms with van der Waals surface area (Å²) in [5.74, 6) is -0.462. The van der Waals surface area contributed by atoms with Crippen LogP contribution in [0.2, 0.25) is 0 Å². The summed E-state index contributed by atoms with van der Waals surface area (Å²) < 4.78 is 11.1. The standard InChI is InChI=1S/C19H17N3O5S/c1-26-18(24)14-9-5-6-10-15(14)20-16(23)11-12-28-17-19(25)27-21-22(17)13-7-3-2-4-8-13/h2-10H,11-12H2,1H3,(H-,20,21,23,24,25)/p+1. The molecule has 2 N–H and O–H groups in total. The summed E-state index contributed by atoms with van der Waals surface area (Å²) in [6.45, 7) is 0. The molecule has 0 saturated carbocycles. The van der Waals surface area contributed by atoms with E-state index in [1.165, 1.54) is 23.6 Å². The summed E-state index contributed by atoms with van der Waals surface area (Å²) in [5, 5.41) is 5.59. The van der Waals surface area contributed by atoms with E-state index in [2.05, 4.69) is 10.6 Å². The lowest BCUT2D eigenvalue weighted by Gasteiger charge is -2.09. The topological polar surface area (TPSA) is 105 Å². The molecule has 28 heavy (non-hydrogen) atoms. The molecule has 0 aliphatic carbocycles. The van der Waals surface area contributed by atoms with Gasteiger partial charge in [-0.15, -0.1) is 0 Å². The van der Waals surface area contributed by atoms with Gasteiger partial charge in [0.25, 0.3) is 0 Å². The molecule has 0 aliphatic rings. The molecular weight excluding hydrogens is 382 g/mol. The summed E-state index contributed by atoms with van der Waals surface area (Å²) in [7, 11) is 1.28. The number of methoxy groups -OCH3 is 1. The summed E-state index contributed by atoms with van der Waals surface area (Å²) in [5.41, 5.74) is 0.890. The second-order valence-electron chi connectivity index (χ2n) is 5.64. The van der Waals surface area contributed by atoms with E-state index in [0.717, 1.165) is 5.69 Å². The van der Waals surface area contributed by atoms with Crippen molar-refractivity contribution in [3.63, 3.8) is 0 Å². The average Bonchev–Trinajstić information content (AvgIpc) is 3.09. The van der Waals surface area contributed by atoms with E-state index in [4.69, 9.17) is 9.26 Å². The van der Waals surface area contributed by atoms with Gasteiger partial charge >= 0.3 is 16.6 Å². The molecule has 9 heteroatoms. The fourth-order valence-electron chi connectivity index (χ4n) is 2.47. The van der Waals surface area contributed by atoms with Crippen LogP contribution in [0, 0.1) is 0 Å². The second-order valence-corrected chi connectivity index (χ2v) is 6.72. The Morgan fingerprint density at radius 2 is 1.86 bits per heavy atom. The molecule has 2 aromatic carbocycles. The molecule has 0 aliphatic heterocycles. The van der Waals surface area contributed by atoms with Crippen molar-refractivity contribution >= 4 is 29.3 Å². The second kappa shape index (κ2) is 9.05. The molecule has 1 heterocycles. The van der Waals surface area contributed by atoms with Crippen molar-refractivity contribution in [3.05, 3.63) is 70.6 Å². The van der Waals surface area contributed by atoms with E-state index in [1.54, 1.807) is 24.3 Å². The smallest absolute Gasteiger partial charge is 0.442 e. The average molecular weight is 400 g/mol. The van der Waals surface area contributed by atoms with E-state index in [-0.39, 0.29) is 17.9 Å². The Hall–Kier alpha value is -3.33. The van der Waals surface area contributed by atoms with Gasteiger partial charge in [-0.25, -0.2) is 9.59 Å². The molecule has 0 spiro atoms. The number of rotatable bonds is 7. The van der Waals surface area contributed by atoms with Gasteiger partial charge in [0.15, 0.2) is 0 Å². The molecule has 0 atom stereocenters. The van der Waals surface area contributed by atoms with E-state index >= 15 is 0 Å². The van der Waals surface area contributed by atoms with E-state index in [9.17, 15) is 14.4 Å². The largest absolute Gasteiger partial charge is 0.465 e. The van der Waals surface area contributed by atoms with Crippen LogP contribution in [-0.2, 0) is 9.53 Å². The number of thioether (sulfide) groups is 1. The van der Waals surface area contributed by atoms with Crippen LogP contribution in [0.3, 0.4) is 0 Å². The predicted octanol–water partition coefficient (Wildman–Crippen LogP) is 2.15. The Kier molecular flexibility index (Phi) is 6.28. The van der Waals surface area contributed by atoms with E-state index in [0.29, 0.717) is 16.5 Å². The van der Waals surface area contributed by atoms with Crippen molar-refractivity contribution in [2.75, 3.05) is 18.2 Å². The minimum absolute atomic E-state index is 0.138. The van der Waals surface area contributed by atoms with Crippen molar-refractivity contribution < 1.29 is 23.5 Å². The fourth-order valence-corrected chi connectivity index (χ4v) is 3.38. The number of aromatic amines is 1. The molecular formula is C19H18N3O5S+. The molecule has 144 valence electrons. The number of para-hydroxylation sites is 2. The zero-order valence-electron chi connectivity index (χ0n) is 15.0. The quantitative estimate of drug-likeness (QED) is 0.358. The van der Waals surface area contributed by atoms with E-state index in [1.807, 2.05) is 30.3 Å². The summed E-state index contributed by atoms with van der Waals surface area (Å²) in [6, 6.07) is 15.8. The number of nitrogens with zero attached hydrogens (tertiary/aromatic N) is 1. The van der Waals surface area contributed by atoms with Crippen LogP contribution in [0.25, 0.3) is 5.69 Å². The van der Waals surface area contributed by atoms with Crippen LogP contribution in [0.5, 0.6) is 0 Å². The lowest BCUT2D eigenvalue weighted by atomic mass is 10.2. The van der Waals surface area contributed by atoms with Crippen molar-refractivity contribution in [1.29, 1.82) is 0 Å². The highest BCUT2D eigenvalue weighted by molar-refractivity contribution is 7.99. The Morgan fingerprint density at radius 3 is 2.61 bits per heavy atom. The van der Waals surface area contributed by atoms with Gasteiger partial charge in [-0.1, -0.05) is 30.3 Å². The van der Waals surface area contributed by atoms with Gasteiger partial charge in [0, 0.05) is 24.3 Å². The van der Waals surface area contributed by atoms with Gasteiger partial charge < -0.3 is 10.1 Å². The molecule has 1 aromatic heterocycles. The van der Waals surface area contributed by atoms with Gasteiger partial charge in [0.1, 0.15) is 0 Å². The molecule has 0 saturated heterocycles. The highest BCUT2D eigenvalue weighted by atomic mass is 32.2. The molecule has 0 unspecified atom stereocenters. The fraction of sp³-hybridized carbons (Fsp3) is 0.158. The number of carbonyl (C=O) groups is 2. The molecule has 3 aromatic rings. The number of hydrogen-bond donors (Lipinski definition) is 2. The number of benzene rings is 2. The number of aromatic nitrogens is 2. The number of anilines is 1. The normalized spacial score (nSPS) is 10.5. The first-order valence-corrected chi connectivity index (χ1v) is 9.37. The first-order valence-electron chi connectivity index (χ1n) is 8.39. The monoisotopic (exact) mass is 400 g/mol. The number of nitrogens with one attached hydrogen (secondary N) is 2. The zero-order valence-corrected chi connectivity index (χ0v) is 15.8. The summed E-state index contributed by atoms with van der Waals surface area (Å²) >= 11 is 1.20. The summed E-state index contributed by atoms with van der Waals surface area (Å²) in [4.78, 5) is 36.0. The van der Waals surface area contributed by atoms with Gasteiger partial charge in [0.2, 0.25) is 11.6 Å². The van der Waals surface area contributed by atoms with Crippen LogP contribution in [0.15, 0.2) is 68.9 Å². The maximum Gasteiger partial charge on any atom is 0.442 e. The van der Waals surface area contributed by atoms with Gasteiger partial charge in [-0.05, 0) is 33.8 Å². The van der Waals surface area contributed by atoms with Gasteiger partial charge in [-0.2, -0.15) is 0 Å². The third kappa shape index (κ3) is 4.49. The first kappa shape index (κ1) is 19.4. The van der Waals surface area contributed by atoms with Crippen molar-refractivity contribution in [2.45, 2.75) is 11.4 Å². The van der Waals surface area contributed by atoms with Crippen molar-refractivity contribution in [1.82, 2.24) is 5.27 Å². The van der Waals surface area contributed by atoms with Gasteiger partial charge in [-0.3, -0.25) is 9.32 Å². The van der Waals surface area contributed by atoms with Crippen molar-refractivity contribution in [2.24, 2.45) is 0 Å².